The first-order chi connectivity index (χ1) is 12.3. The average molecular weight is 361 g/mol. The molecule has 0 unspecified atom stereocenters. The minimum atomic E-state index is -1.09. The van der Waals surface area contributed by atoms with Gasteiger partial charge in [0.05, 0.1) is 26.8 Å². The molecule has 1 aromatic carbocycles. The first kappa shape index (κ1) is 21.8. The monoisotopic (exact) mass is 361 g/mol. The van der Waals surface area contributed by atoms with Crippen molar-refractivity contribution in [2.24, 2.45) is 5.92 Å². The second-order valence-corrected chi connectivity index (χ2v) is 6.52. The lowest BCUT2D eigenvalue weighted by molar-refractivity contribution is -0.136. The summed E-state index contributed by atoms with van der Waals surface area (Å²) in [6.45, 7) is 9.78. The molecule has 1 amide bonds. The number of carbonyl (C=O) groups is 1. The lowest BCUT2D eigenvalue weighted by atomic mass is 9.79. The third-order valence-electron chi connectivity index (χ3n) is 4.99. The predicted molar refractivity (Wildman–Crippen MR) is 102 cm³/mol. The molecule has 0 aromatic heterocycles. The van der Waals surface area contributed by atoms with E-state index < -0.39 is 5.54 Å². The molecular formula is C20H31N3O3. The molecule has 1 aromatic rings. The fourth-order valence-electron chi connectivity index (χ4n) is 3.20. The Labute approximate surface area is 157 Å². The van der Waals surface area contributed by atoms with E-state index in [-0.39, 0.29) is 18.4 Å². The Balaban J connectivity index is 3.40. The van der Waals surface area contributed by atoms with Crippen molar-refractivity contribution < 1.29 is 14.3 Å². The molecule has 0 saturated carbocycles. The van der Waals surface area contributed by atoms with Gasteiger partial charge in [-0.1, -0.05) is 33.8 Å². The van der Waals surface area contributed by atoms with Gasteiger partial charge in [-0.3, -0.25) is 9.69 Å². The van der Waals surface area contributed by atoms with E-state index in [2.05, 4.69) is 6.07 Å². The van der Waals surface area contributed by atoms with Crippen LogP contribution in [0.3, 0.4) is 0 Å². The molecule has 6 nitrogen and oxygen atoms in total. The highest BCUT2D eigenvalue weighted by Crippen LogP contribution is 2.39. The van der Waals surface area contributed by atoms with Crippen LogP contribution in [-0.2, 0) is 10.3 Å². The van der Waals surface area contributed by atoms with E-state index in [1.165, 1.54) is 0 Å². The van der Waals surface area contributed by atoms with Crippen molar-refractivity contribution in [2.75, 3.05) is 40.9 Å². The lowest BCUT2D eigenvalue weighted by Crippen LogP contribution is -2.52. The van der Waals surface area contributed by atoms with Crippen LogP contribution in [0.15, 0.2) is 18.2 Å². The fourth-order valence-corrected chi connectivity index (χ4v) is 3.20. The number of hydrogen-bond acceptors (Lipinski definition) is 5. The number of likely N-dealkylation sites (N-methyl/N-ethyl adjacent to an activating group) is 2. The Morgan fingerprint density at radius 2 is 1.77 bits per heavy atom. The third kappa shape index (κ3) is 4.10. The number of rotatable bonds is 9. The number of methoxy groups -OCH3 is 2. The molecule has 0 bridgehead atoms. The molecule has 0 radical (unpaired) electrons. The van der Waals surface area contributed by atoms with Crippen LogP contribution in [0.4, 0.5) is 0 Å². The standard InChI is InChI=1S/C20H31N3O3/c1-8-23(9-2)13-19(24)22(5)20(14-21,15(3)4)16-10-11-17(25-6)18(12-16)26-7/h10-12,15H,8-9,13H2,1-7H3/t20-/m0/s1. The smallest absolute Gasteiger partial charge is 0.238 e. The zero-order chi connectivity index (χ0) is 19.9. The van der Waals surface area contributed by atoms with E-state index in [0.717, 1.165) is 13.1 Å². The number of carbonyl (C=O) groups excluding carboxylic acids is 1. The molecule has 0 aliphatic rings. The van der Waals surface area contributed by atoms with Gasteiger partial charge in [-0.25, -0.2) is 0 Å². The summed E-state index contributed by atoms with van der Waals surface area (Å²) in [6.07, 6.45) is 0. The summed E-state index contributed by atoms with van der Waals surface area (Å²) >= 11 is 0. The summed E-state index contributed by atoms with van der Waals surface area (Å²) in [5, 5.41) is 10.1. The van der Waals surface area contributed by atoms with E-state index in [1.54, 1.807) is 38.3 Å². The number of hydrogen-bond donors (Lipinski definition) is 0. The number of amides is 1. The predicted octanol–water partition coefficient (Wildman–Crippen LogP) is 2.88. The maximum Gasteiger partial charge on any atom is 0.238 e. The molecule has 26 heavy (non-hydrogen) atoms. The molecule has 0 aliphatic heterocycles. The van der Waals surface area contributed by atoms with Gasteiger partial charge in [-0.05, 0) is 36.7 Å². The van der Waals surface area contributed by atoms with Crippen LogP contribution in [-0.4, -0.2) is 56.6 Å². The Morgan fingerprint density at radius 3 is 2.19 bits per heavy atom. The zero-order valence-corrected chi connectivity index (χ0v) is 17.0. The Hall–Kier alpha value is -2.26. The number of ether oxygens (including phenoxy) is 2. The third-order valence-corrected chi connectivity index (χ3v) is 4.99. The normalized spacial score (nSPS) is 13.2. The fraction of sp³-hybridized carbons (Fsp3) is 0.600. The van der Waals surface area contributed by atoms with Gasteiger partial charge in [0.1, 0.15) is 0 Å². The number of benzene rings is 1. The van der Waals surface area contributed by atoms with E-state index in [0.29, 0.717) is 17.1 Å². The summed E-state index contributed by atoms with van der Waals surface area (Å²) in [6, 6.07) is 7.78. The largest absolute Gasteiger partial charge is 0.493 e. The molecule has 1 atom stereocenters. The van der Waals surface area contributed by atoms with Crippen LogP contribution in [0.2, 0.25) is 0 Å². The van der Waals surface area contributed by atoms with Gasteiger partial charge in [0, 0.05) is 7.05 Å². The van der Waals surface area contributed by atoms with Gasteiger partial charge in [0.15, 0.2) is 17.0 Å². The van der Waals surface area contributed by atoms with Crippen molar-refractivity contribution in [3.05, 3.63) is 23.8 Å². The molecule has 0 aliphatic carbocycles. The summed E-state index contributed by atoms with van der Waals surface area (Å²) in [7, 11) is 4.82. The average Bonchev–Trinajstić information content (AvgIpc) is 2.66. The maximum atomic E-state index is 12.9. The summed E-state index contributed by atoms with van der Waals surface area (Å²) in [5.41, 5.74) is -0.382. The molecule has 0 spiro atoms. The van der Waals surface area contributed by atoms with Crippen molar-refractivity contribution >= 4 is 5.91 Å². The first-order valence-corrected chi connectivity index (χ1v) is 8.94. The minimum Gasteiger partial charge on any atom is -0.493 e. The second kappa shape index (κ2) is 9.44. The van der Waals surface area contributed by atoms with Crippen molar-refractivity contribution in [1.82, 2.24) is 9.80 Å². The van der Waals surface area contributed by atoms with Crippen LogP contribution >= 0.6 is 0 Å². The molecule has 0 heterocycles. The Morgan fingerprint density at radius 1 is 1.19 bits per heavy atom. The first-order valence-electron chi connectivity index (χ1n) is 8.94. The highest BCUT2D eigenvalue weighted by Gasteiger charge is 2.43. The van der Waals surface area contributed by atoms with Gasteiger partial charge < -0.3 is 14.4 Å². The van der Waals surface area contributed by atoms with Gasteiger partial charge in [-0.2, -0.15) is 5.26 Å². The van der Waals surface area contributed by atoms with Crippen molar-refractivity contribution in [1.29, 1.82) is 5.26 Å². The second-order valence-electron chi connectivity index (χ2n) is 6.52. The lowest BCUT2D eigenvalue weighted by Gasteiger charge is -2.40. The SMILES string of the molecule is CCN(CC)CC(=O)N(C)[C@](C#N)(c1ccc(OC)c(OC)c1)C(C)C. The number of nitriles is 1. The van der Waals surface area contributed by atoms with Gasteiger partial charge in [0.25, 0.3) is 0 Å². The van der Waals surface area contributed by atoms with E-state index >= 15 is 0 Å². The van der Waals surface area contributed by atoms with Crippen LogP contribution in [0.25, 0.3) is 0 Å². The van der Waals surface area contributed by atoms with Crippen LogP contribution in [0.1, 0.15) is 33.3 Å². The maximum absolute atomic E-state index is 12.9. The molecule has 1 rings (SSSR count). The molecule has 6 heteroatoms. The van der Waals surface area contributed by atoms with Gasteiger partial charge in [-0.15, -0.1) is 0 Å². The number of nitrogens with zero attached hydrogens (tertiary/aromatic N) is 3. The van der Waals surface area contributed by atoms with Gasteiger partial charge in [0.2, 0.25) is 5.91 Å². The quantitative estimate of drug-likeness (QED) is 0.677. The van der Waals surface area contributed by atoms with E-state index in [4.69, 9.17) is 9.47 Å². The Kier molecular flexibility index (Phi) is 7.91. The van der Waals surface area contributed by atoms with Crippen molar-refractivity contribution in [2.45, 2.75) is 33.2 Å². The molecule has 0 saturated heterocycles. The van der Waals surface area contributed by atoms with Crippen LogP contribution in [0, 0.1) is 17.2 Å². The van der Waals surface area contributed by atoms with Gasteiger partial charge >= 0.3 is 0 Å². The molecule has 144 valence electrons. The molecular weight excluding hydrogens is 330 g/mol. The van der Waals surface area contributed by atoms with Crippen LogP contribution < -0.4 is 9.47 Å². The van der Waals surface area contributed by atoms with Crippen LogP contribution in [0.5, 0.6) is 11.5 Å². The van der Waals surface area contributed by atoms with E-state index in [1.807, 2.05) is 38.7 Å². The molecule has 0 N–H and O–H groups in total. The van der Waals surface area contributed by atoms with Crippen molar-refractivity contribution in [3.63, 3.8) is 0 Å². The topological polar surface area (TPSA) is 65.8 Å². The van der Waals surface area contributed by atoms with E-state index in [9.17, 15) is 10.1 Å². The summed E-state index contributed by atoms with van der Waals surface area (Å²) in [4.78, 5) is 16.5. The Bertz CT molecular complexity index is 650. The zero-order valence-electron chi connectivity index (χ0n) is 17.0. The highest BCUT2D eigenvalue weighted by atomic mass is 16.5. The molecule has 0 fully saturated rings. The highest BCUT2D eigenvalue weighted by molar-refractivity contribution is 5.79. The minimum absolute atomic E-state index is 0.0845. The van der Waals surface area contributed by atoms with Crippen molar-refractivity contribution in [3.8, 4) is 17.6 Å². The summed E-state index contributed by atoms with van der Waals surface area (Å²) < 4.78 is 10.7. The summed E-state index contributed by atoms with van der Waals surface area (Å²) in [5.74, 6) is 0.925.